The van der Waals surface area contributed by atoms with Crippen molar-refractivity contribution in [2.45, 2.75) is 0 Å². The summed E-state index contributed by atoms with van der Waals surface area (Å²) < 4.78 is 7.78. The highest BCUT2D eigenvalue weighted by molar-refractivity contribution is 5.92. The van der Waals surface area contributed by atoms with Crippen LogP contribution in [-0.4, -0.2) is 15.5 Å². The van der Waals surface area contributed by atoms with Crippen molar-refractivity contribution in [3.8, 4) is 17.3 Å². The van der Waals surface area contributed by atoms with Gasteiger partial charge in [-0.05, 0) is 36.4 Å². The van der Waals surface area contributed by atoms with Crippen molar-refractivity contribution in [3.05, 3.63) is 72.6 Å². The first kappa shape index (κ1) is 13.3. The molecule has 0 spiro atoms. The van der Waals surface area contributed by atoms with Crippen LogP contribution < -0.4 is 5.73 Å². The molecular formula is C18H13N3O2. The summed E-state index contributed by atoms with van der Waals surface area (Å²) in [6.45, 7) is 0. The van der Waals surface area contributed by atoms with E-state index in [0.717, 1.165) is 16.7 Å². The lowest BCUT2D eigenvalue weighted by Crippen LogP contribution is -2.10. The molecule has 0 atom stereocenters. The number of rotatable bonds is 3. The average Bonchev–Trinajstić information content (AvgIpc) is 3.21. The van der Waals surface area contributed by atoms with Gasteiger partial charge in [0.15, 0.2) is 11.6 Å². The zero-order valence-corrected chi connectivity index (χ0v) is 12.1. The number of hydrogen-bond acceptors (Lipinski definition) is 3. The van der Waals surface area contributed by atoms with E-state index in [9.17, 15) is 4.79 Å². The van der Waals surface area contributed by atoms with Crippen LogP contribution in [-0.2, 0) is 0 Å². The molecule has 0 saturated carbocycles. The third-order valence-corrected chi connectivity index (χ3v) is 3.72. The Bertz CT molecular complexity index is 963. The highest BCUT2D eigenvalue weighted by atomic mass is 16.3. The minimum absolute atomic E-state index is 0.445. The van der Waals surface area contributed by atoms with Crippen molar-refractivity contribution in [1.82, 2.24) is 9.55 Å². The molecule has 2 aromatic heterocycles. The Kier molecular flexibility index (Phi) is 2.98. The molecule has 2 N–H and O–H groups in total. The molecular weight excluding hydrogens is 290 g/mol. The molecule has 2 aromatic carbocycles. The second-order valence-electron chi connectivity index (χ2n) is 5.18. The van der Waals surface area contributed by atoms with E-state index >= 15 is 0 Å². The molecule has 0 aliphatic carbocycles. The molecule has 4 aromatic rings. The van der Waals surface area contributed by atoms with Gasteiger partial charge in [0.1, 0.15) is 5.58 Å². The number of carbonyl (C=O) groups is 1. The van der Waals surface area contributed by atoms with Gasteiger partial charge in [-0.2, -0.15) is 0 Å². The van der Waals surface area contributed by atoms with Crippen LogP contribution in [0.15, 0.2) is 71.4 Å². The lowest BCUT2D eigenvalue weighted by Gasteiger charge is -2.06. The molecule has 4 rings (SSSR count). The molecule has 0 fully saturated rings. The number of nitrogens with two attached hydrogens (primary N) is 1. The van der Waals surface area contributed by atoms with Crippen LogP contribution in [0.4, 0.5) is 0 Å². The van der Waals surface area contributed by atoms with Crippen molar-refractivity contribution in [2.75, 3.05) is 0 Å². The van der Waals surface area contributed by atoms with E-state index in [4.69, 9.17) is 10.2 Å². The van der Waals surface area contributed by atoms with Crippen LogP contribution in [0.5, 0.6) is 0 Å². The quantitative estimate of drug-likeness (QED) is 0.630. The highest BCUT2D eigenvalue weighted by Crippen LogP contribution is 2.28. The summed E-state index contributed by atoms with van der Waals surface area (Å²) >= 11 is 0. The van der Waals surface area contributed by atoms with Crippen LogP contribution in [0.25, 0.3) is 28.2 Å². The van der Waals surface area contributed by atoms with Crippen molar-refractivity contribution in [1.29, 1.82) is 0 Å². The number of aromatic nitrogens is 2. The fourth-order valence-corrected chi connectivity index (χ4v) is 2.57. The number of furan rings is 1. The van der Waals surface area contributed by atoms with E-state index in [2.05, 4.69) is 4.98 Å². The maximum atomic E-state index is 11.2. The zero-order chi connectivity index (χ0) is 15.8. The number of nitrogens with zero attached hydrogens (tertiary/aromatic N) is 2. The third-order valence-electron chi connectivity index (χ3n) is 3.72. The molecule has 112 valence electrons. The smallest absolute Gasteiger partial charge is 0.248 e. The van der Waals surface area contributed by atoms with E-state index in [0.29, 0.717) is 17.1 Å². The van der Waals surface area contributed by atoms with Gasteiger partial charge in [0, 0.05) is 29.0 Å². The minimum atomic E-state index is -0.445. The maximum absolute atomic E-state index is 11.2. The minimum Gasteiger partial charge on any atom is -0.453 e. The molecule has 5 heteroatoms. The molecule has 0 unspecified atom stereocenters. The molecule has 0 aliphatic rings. The Hall–Kier alpha value is -3.34. The summed E-state index contributed by atoms with van der Waals surface area (Å²) in [5.41, 5.74) is 7.44. The van der Waals surface area contributed by atoms with Crippen LogP contribution in [0, 0.1) is 0 Å². The number of benzene rings is 2. The predicted octanol–water partition coefficient (Wildman–Crippen LogP) is 3.38. The number of imidazole rings is 1. The van der Waals surface area contributed by atoms with Gasteiger partial charge in [-0.25, -0.2) is 4.98 Å². The summed E-state index contributed by atoms with van der Waals surface area (Å²) in [7, 11) is 0. The first-order chi connectivity index (χ1) is 11.2. The van der Waals surface area contributed by atoms with Gasteiger partial charge in [-0.1, -0.05) is 18.2 Å². The SMILES string of the molecule is NC(=O)c1ccc(-n2ccnc2-c2cc3ccccc3o2)cc1. The number of fused-ring (bicyclic) bond motifs is 1. The number of carbonyl (C=O) groups excluding carboxylic acids is 1. The Balaban J connectivity index is 1.80. The van der Waals surface area contributed by atoms with Crippen LogP contribution in [0.2, 0.25) is 0 Å². The van der Waals surface area contributed by atoms with Gasteiger partial charge in [-0.3, -0.25) is 9.36 Å². The van der Waals surface area contributed by atoms with Crippen molar-refractivity contribution in [2.24, 2.45) is 5.73 Å². The molecule has 23 heavy (non-hydrogen) atoms. The first-order valence-corrected chi connectivity index (χ1v) is 7.15. The monoisotopic (exact) mass is 303 g/mol. The van der Waals surface area contributed by atoms with E-state index in [1.54, 1.807) is 18.3 Å². The molecule has 1 amide bonds. The molecule has 0 bridgehead atoms. The topological polar surface area (TPSA) is 74.1 Å². The van der Waals surface area contributed by atoms with Gasteiger partial charge in [0.05, 0.1) is 0 Å². The summed E-state index contributed by atoms with van der Waals surface area (Å²) in [5, 5.41) is 1.03. The van der Waals surface area contributed by atoms with Gasteiger partial charge >= 0.3 is 0 Å². The van der Waals surface area contributed by atoms with E-state index in [1.165, 1.54) is 0 Å². The van der Waals surface area contributed by atoms with Crippen molar-refractivity contribution in [3.63, 3.8) is 0 Å². The zero-order valence-electron chi connectivity index (χ0n) is 12.1. The Morgan fingerprint density at radius 2 is 1.87 bits per heavy atom. The van der Waals surface area contributed by atoms with E-state index < -0.39 is 5.91 Å². The summed E-state index contributed by atoms with van der Waals surface area (Å²) in [6.07, 6.45) is 3.56. The van der Waals surface area contributed by atoms with Crippen LogP contribution in [0.3, 0.4) is 0 Å². The predicted molar refractivity (Wildman–Crippen MR) is 87.3 cm³/mol. The van der Waals surface area contributed by atoms with Crippen molar-refractivity contribution >= 4 is 16.9 Å². The fourth-order valence-electron chi connectivity index (χ4n) is 2.57. The standard InChI is InChI=1S/C18H13N3O2/c19-17(22)12-5-7-14(8-6-12)21-10-9-20-18(21)16-11-13-3-1-2-4-15(13)23-16/h1-11H,(H2,19,22). The van der Waals surface area contributed by atoms with Gasteiger partial charge in [0.2, 0.25) is 5.91 Å². The van der Waals surface area contributed by atoms with E-state index in [1.807, 2.05) is 53.2 Å². The maximum Gasteiger partial charge on any atom is 0.248 e. The summed E-state index contributed by atoms with van der Waals surface area (Å²) in [5.74, 6) is 0.947. The number of para-hydroxylation sites is 1. The van der Waals surface area contributed by atoms with Crippen molar-refractivity contribution < 1.29 is 9.21 Å². The molecule has 2 heterocycles. The van der Waals surface area contributed by atoms with Gasteiger partial charge in [-0.15, -0.1) is 0 Å². The number of primary amides is 1. The lowest BCUT2D eigenvalue weighted by atomic mass is 10.2. The molecule has 0 saturated heterocycles. The lowest BCUT2D eigenvalue weighted by molar-refractivity contribution is 0.100. The van der Waals surface area contributed by atoms with Gasteiger partial charge in [0.25, 0.3) is 0 Å². The molecule has 0 aliphatic heterocycles. The normalized spacial score (nSPS) is 11.0. The van der Waals surface area contributed by atoms with Gasteiger partial charge < -0.3 is 10.2 Å². The first-order valence-electron chi connectivity index (χ1n) is 7.15. The third kappa shape index (κ3) is 2.28. The Morgan fingerprint density at radius 3 is 2.61 bits per heavy atom. The highest BCUT2D eigenvalue weighted by Gasteiger charge is 2.13. The average molecular weight is 303 g/mol. The Morgan fingerprint density at radius 1 is 1.09 bits per heavy atom. The summed E-state index contributed by atoms with van der Waals surface area (Å²) in [6, 6.07) is 16.8. The van der Waals surface area contributed by atoms with Crippen LogP contribution >= 0.6 is 0 Å². The second kappa shape index (κ2) is 5.14. The number of amides is 1. The van der Waals surface area contributed by atoms with E-state index in [-0.39, 0.29) is 0 Å². The fraction of sp³-hybridized carbons (Fsp3) is 0. The Labute approximate surface area is 132 Å². The second-order valence-corrected chi connectivity index (χ2v) is 5.18. The van der Waals surface area contributed by atoms with Crippen LogP contribution in [0.1, 0.15) is 10.4 Å². The largest absolute Gasteiger partial charge is 0.453 e. The molecule has 5 nitrogen and oxygen atoms in total. The number of hydrogen-bond donors (Lipinski definition) is 1. The summed E-state index contributed by atoms with van der Waals surface area (Å²) in [4.78, 5) is 15.6. The molecule has 0 radical (unpaired) electrons.